The number of carbonyl (C=O) groups is 1. The number of nitrogens with one attached hydrogen (secondary N) is 1. The van der Waals surface area contributed by atoms with Gasteiger partial charge >= 0.3 is 0 Å². The molecule has 5 nitrogen and oxygen atoms in total. The van der Waals surface area contributed by atoms with Gasteiger partial charge < -0.3 is 19.9 Å². The number of aliphatic hydroxyl groups is 1. The van der Waals surface area contributed by atoms with E-state index >= 15 is 0 Å². The standard InChI is InChI=1S/C18H25NO4/c1-22-17-9-7-14(8-10-17)12-23-13-16(20)11-19-18(21)15-5-3-2-4-6-15/h2-3,7-10,15-16,20H,4-6,11-13H2,1H3,(H,19,21). The molecule has 1 aliphatic rings. The molecule has 0 spiro atoms. The number of aliphatic hydroxyl groups excluding tert-OH is 1. The molecule has 0 saturated carbocycles. The lowest BCUT2D eigenvalue weighted by Gasteiger charge is -2.19. The molecule has 1 aromatic rings. The van der Waals surface area contributed by atoms with Crippen molar-refractivity contribution in [2.75, 3.05) is 20.3 Å². The van der Waals surface area contributed by atoms with Crippen LogP contribution >= 0.6 is 0 Å². The number of hydrogen-bond donors (Lipinski definition) is 2. The first-order valence-electron chi connectivity index (χ1n) is 8.00. The minimum Gasteiger partial charge on any atom is -0.497 e. The van der Waals surface area contributed by atoms with E-state index in [0.717, 1.165) is 30.6 Å². The predicted molar refractivity (Wildman–Crippen MR) is 88.1 cm³/mol. The van der Waals surface area contributed by atoms with Crippen LogP contribution in [0.15, 0.2) is 36.4 Å². The van der Waals surface area contributed by atoms with Gasteiger partial charge in [-0.25, -0.2) is 0 Å². The number of hydrogen-bond acceptors (Lipinski definition) is 4. The maximum absolute atomic E-state index is 11.9. The molecule has 0 heterocycles. The van der Waals surface area contributed by atoms with Crippen molar-refractivity contribution in [2.45, 2.75) is 32.0 Å². The first kappa shape index (κ1) is 17.5. The van der Waals surface area contributed by atoms with Gasteiger partial charge in [0.25, 0.3) is 0 Å². The van der Waals surface area contributed by atoms with E-state index in [-0.39, 0.29) is 25.0 Å². The summed E-state index contributed by atoms with van der Waals surface area (Å²) < 4.78 is 10.6. The van der Waals surface area contributed by atoms with Gasteiger partial charge in [0.15, 0.2) is 0 Å². The van der Waals surface area contributed by atoms with Gasteiger partial charge in [0.1, 0.15) is 5.75 Å². The fourth-order valence-electron chi connectivity index (χ4n) is 2.49. The highest BCUT2D eigenvalue weighted by molar-refractivity contribution is 5.78. The first-order chi connectivity index (χ1) is 11.2. The van der Waals surface area contributed by atoms with Crippen molar-refractivity contribution >= 4 is 5.91 Å². The number of methoxy groups -OCH3 is 1. The number of rotatable bonds is 8. The molecular formula is C18H25NO4. The van der Waals surface area contributed by atoms with E-state index in [1.165, 1.54) is 0 Å². The number of allylic oxidation sites excluding steroid dienone is 2. The van der Waals surface area contributed by atoms with Crippen molar-refractivity contribution in [1.29, 1.82) is 0 Å². The van der Waals surface area contributed by atoms with E-state index in [2.05, 4.69) is 11.4 Å². The molecule has 0 aromatic heterocycles. The summed E-state index contributed by atoms with van der Waals surface area (Å²) in [6, 6.07) is 7.58. The highest BCUT2D eigenvalue weighted by Crippen LogP contribution is 2.17. The molecule has 1 aromatic carbocycles. The van der Waals surface area contributed by atoms with Crippen LogP contribution in [0.3, 0.4) is 0 Å². The van der Waals surface area contributed by atoms with Crippen LogP contribution in [0.4, 0.5) is 0 Å². The van der Waals surface area contributed by atoms with Gasteiger partial charge in [-0.05, 0) is 37.0 Å². The van der Waals surface area contributed by atoms with Crippen molar-refractivity contribution in [3.05, 3.63) is 42.0 Å². The van der Waals surface area contributed by atoms with E-state index in [1.54, 1.807) is 7.11 Å². The smallest absolute Gasteiger partial charge is 0.223 e. The molecule has 2 N–H and O–H groups in total. The molecule has 2 unspecified atom stereocenters. The van der Waals surface area contributed by atoms with Crippen LogP contribution in [0.2, 0.25) is 0 Å². The Labute approximate surface area is 137 Å². The molecule has 2 atom stereocenters. The Morgan fingerprint density at radius 1 is 1.35 bits per heavy atom. The summed E-state index contributed by atoms with van der Waals surface area (Å²) in [6.45, 7) is 0.834. The van der Waals surface area contributed by atoms with Crippen LogP contribution in [0.25, 0.3) is 0 Å². The second-order valence-electron chi connectivity index (χ2n) is 5.74. The Kier molecular flexibility index (Phi) is 7.10. The molecular weight excluding hydrogens is 294 g/mol. The average molecular weight is 319 g/mol. The third kappa shape index (κ3) is 6.04. The molecule has 0 aliphatic heterocycles. The topological polar surface area (TPSA) is 67.8 Å². The minimum absolute atomic E-state index is 0.0172. The third-order valence-electron chi connectivity index (χ3n) is 3.89. The largest absolute Gasteiger partial charge is 0.497 e. The van der Waals surface area contributed by atoms with Crippen molar-refractivity contribution in [3.8, 4) is 5.75 Å². The SMILES string of the molecule is COc1ccc(COCC(O)CNC(=O)C2CC=CCC2)cc1. The van der Waals surface area contributed by atoms with E-state index in [9.17, 15) is 9.90 Å². The highest BCUT2D eigenvalue weighted by Gasteiger charge is 2.19. The lowest BCUT2D eigenvalue weighted by atomic mass is 9.94. The third-order valence-corrected chi connectivity index (χ3v) is 3.89. The Morgan fingerprint density at radius 2 is 2.13 bits per heavy atom. The molecule has 0 saturated heterocycles. The monoisotopic (exact) mass is 319 g/mol. The van der Waals surface area contributed by atoms with Crippen molar-refractivity contribution < 1.29 is 19.4 Å². The predicted octanol–water partition coefficient (Wildman–Crippen LogP) is 2.05. The van der Waals surface area contributed by atoms with Crippen LogP contribution in [0, 0.1) is 5.92 Å². The normalized spacial score (nSPS) is 18.4. The van der Waals surface area contributed by atoms with E-state index < -0.39 is 6.10 Å². The summed E-state index contributed by atoms with van der Waals surface area (Å²) >= 11 is 0. The van der Waals surface area contributed by atoms with Gasteiger partial charge in [0.05, 0.1) is 26.4 Å². The van der Waals surface area contributed by atoms with Crippen LogP contribution in [0.5, 0.6) is 5.75 Å². The Balaban J connectivity index is 1.61. The fraction of sp³-hybridized carbons (Fsp3) is 0.500. The Bertz CT molecular complexity index is 512. The summed E-state index contributed by atoms with van der Waals surface area (Å²) in [5, 5.41) is 12.7. The maximum Gasteiger partial charge on any atom is 0.223 e. The van der Waals surface area contributed by atoms with Gasteiger partial charge in [-0.2, -0.15) is 0 Å². The number of benzene rings is 1. The molecule has 0 fully saturated rings. The van der Waals surface area contributed by atoms with Crippen molar-refractivity contribution in [2.24, 2.45) is 5.92 Å². The van der Waals surface area contributed by atoms with Gasteiger partial charge in [-0.3, -0.25) is 4.79 Å². The molecule has 5 heteroatoms. The van der Waals surface area contributed by atoms with E-state index in [0.29, 0.717) is 6.61 Å². The number of carbonyl (C=O) groups excluding carboxylic acids is 1. The zero-order valence-electron chi connectivity index (χ0n) is 13.5. The van der Waals surface area contributed by atoms with Crippen LogP contribution in [-0.4, -0.2) is 37.4 Å². The number of amides is 1. The molecule has 0 radical (unpaired) electrons. The van der Waals surface area contributed by atoms with Crippen LogP contribution in [-0.2, 0) is 16.1 Å². The zero-order valence-corrected chi connectivity index (χ0v) is 13.5. The Hall–Kier alpha value is -1.85. The molecule has 1 amide bonds. The summed E-state index contributed by atoms with van der Waals surface area (Å²) in [4.78, 5) is 11.9. The molecule has 126 valence electrons. The molecule has 0 bridgehead atoms. The fourth-order valence-corrected chi connectivity index (χ4v) is 2.49. The second kappa shape index (κ2) is 9.33. The number of ether oxygens (including phenoxy) is 2. The van der Waals surface area contributed by atoms with Crippen LogP contribution < -0.4 is 10.1 Å². The van der Waals surface area contributed by atoms with Crippen molar-refractivity contribution in [1.82, 2.24) is 5.32 Å². The lowest BCUT2D eigenvalue weighted by molar-refractivity contribution is -0.125. The van der Waals surface area contributed by atoms with E-state index in [4.69, 9.17) is 9.47 Å². The van der Waals surface area contributed by atoms with Crippen LogP contribution in [0.1, 0.15) is 24.8 Å². The molecule has 23 heavy (non-hydrogen) atoms. The average Bonchev–Trinajstić information content (AvgIpc) is 2.61. The van der Waals surface area contributed by atoms with Gasteiger partial charge in [0, 0.05) is 12.5 Å². The van der Waals surface area contributed by atoms with Gasteiger partial charge in [-0.1, -0.05) is 24.3 Å². The second-order valence-corrected chi connectivity index (χ2v) is 5.74. The summed E-state index contributed by atoms with van der Waals surface area (Å²) in [6.07, 6.45) is 6.07. The van der Waals surface area contributed by atoms with Crippen molar-refractivity contribution in [3.63, 3.8) is 0 Å². The molecule has 1 aliphatic carbocycles. The minimum atomic E-state index is -0.698. The first-order valence-corrected chi connectivity index (χ1v) is 8.00. The Morgan fingerprint density at radius 3 is 2.78 bits per heavy atom. The summed E-state index contributed by atoms with van der Waals surface area (Å²) in [7, 11) is 1.62. The lowest BCUT2D eigenvalue weighted by Crippen LogP contribution is -2.38. The molecule has 2 rings (SSSR count). The van der Waals surface area contributed by atoms with Gasteiger partial charge in [0.2, 0.25) is 5.91 Å². The summed E-state index contributed by atoms with van der Waals surface area (Å²) in [5.41, 5.74) is 1.01. The highest BCUT2D eigenvalue weighted by atomic mass is 16.5. The van der Waals surface area contributed by atoms with Gasteiger partial charge in [-0.15, -0.1) is 0 Å². The summed E-state index contributed by atoms with van der Waals surface area (Å²) in [5.74, 6) is 0.852. The van der Waals surface area contributed by atoms with E-state index in [1.807, 2.05) is 30.3 Å². The zero-order chi connectivity index (χ0) is 16.5. The quantitative estimate of drug-likeness (QED) is 0.720. The maximum atomic E-state index is 11.9.